The number of aliphatic hydroxyl groups is 1. The Bertz CT molecular complexity index is 621. The van der Waals surface area contributed by atoms with Gasteiger partial charge in [-0.15, -0.1) is 0 Å². The van der Waals surface area contributed by atoms with Gasteiger partial charge in [-0.2, -0.15) is 0 Å². The predicted octanol–water partition coefficient (Wildman–Crippen LogP) is 3.72. The van der Waals surface area contributed by atoms with Crippen molar-refractivity contribution in [3.05, 3.63) is 54.3 Å². The van der Waals surface area contributed by atoms with E-state index < -0.39 is 6.10 Å². The summed E-state index contributed by atoms with van der Waals surface area (Å²) in [4.78, 5) is 2.30. The molecule has 0 amide bonds. The summed E-state index contributed by atoms with van der Waals surface area (Å²) in [6.45, 7) is 3.12. The van der Waals surface area contributed by atoms with Gasteiger partial charge in [-0.3, -0.25) is 0 Å². The fraction of sp³-hybridized carbons (Fsp3) is 0.400. The van der Waals surface area contributed by atoms with Gasteiger partial charge in [-0.25, -0.2) is 4.39 Å². The molecule has 3 rings (SSSR count). The highest BCUT2D eigenvalue weighted by molar-refractivity contribution is 5.63. The number of piperidine rings is 1. The van der Waals surface area contributed by atoms with Crippen LogP contribution in [0.1, 0.15) is 19.3 Å². The first-order chi connectivity index (χ1) is 11.7. The van der Waals surface area contributed by atoms with Gasteiger partial charge in [0, 0.05) is 6.54 Å². The predicted molar refractivity (Wildman–Crippen MR) is 93.6 cm³/mol. The Morgan fingerprint density at radius 1 is 0.917 bits per heavy atom. The van der Waals surface area contributed by atoms with Gasteiger partial charge >= 0.3 is 0 Å². The molecule has 0 saturated carbocycles. The van der Waals surface area contributed by atoms with E-state index in [9.17, 15) is 9.50 Å². The highest BCUT2D eigenvalue weighted by Gasteiger charge is 2.15. The van der Waals surface area contributed by atoms with Crippen LogP contribution in [0.15, 0.2) is 48.5 Å². The second-order valence-electron chi connectivity index (χ2n) is 6.36. The van der Waals surface area contributed by atoms with E-state index in [1.807, 2.05) is 24.3 Å². The van der Waals surface area contributed by atoms with Crippen LogP contribution in [0.2, 0.25) is 0 Å². The normalized spacial score (nSPS) is 16.8. The highest BCUT2D eigenvalue weighted by atomic mass is 19.1. The smallest absolute Gasteiger partial charge is 0.123 e. The number of nitrogens with zero attached hydrogens (tertiary/aromatic N) is 1. The van der Waals surface area contributed by atoms with E-state index in [1.165, 1.54) is 31.4 Å². The molecule has 1 saturated heterocycles. The first-order valence-electron chi connectivity index (χ1n) is 8.60. The molecule has 0 spiro atoms. The molecule has 0 aliphatic carbocycles. The van der Waals surface area contributed by atoms with Gasteiger partial charge in [-0.1, -0.05) is 30.7 Å². The van der Waals surface area contributed by atoms with Gasteiger partial charge in [-0.05, 0) is 61.3 Å². The molecule has 128 valence electrons. The number of benzene rings is 2. The second-order valence-corrected chi connectivity index (χ2v) is 6.36. The molecule has 24 heavy (non-hydrogen) atoms. The van der Waals surface area contributed by atoms with Crippen molar-refractivity contribution < 1.29 is 14.2 Å². The molecular weight excluding hydrogens is 305 g/mol. The Kier molecular flexibility index (Phi) is 5.83. The van der Waals surface area contributed by atoms with E-state index in [0.717, 1.165) is 30.0 Å². The van der Waals surface area contributed by atoms with Gasteiger partial charge in [0.1, 0.15) is 24.3 Å². The standard InChI is InChI=1S/C20H24FNO2/c21-18-8-4-16(5-9-18)17-6-10-20(11-7-17)24-15-19(23)14-22-12-2-1-3-13-22/h4-11,19,23H,1-3,12-15H2. The van der Waals surface area contributed by atoms with Crippen LogP contribution < -0.4 is 4.74 Å². The van der Waals surface area contributed by atoms with Crippen LogP contribution in [0.4, 0.5) is 4.39 Å². The van der Waals surface area contributed by atoms with Crippen molar-refractivity contribution in [3.63, 3.8) is 0 Å². The highest BCUT2D eigenvalue weighted by Crippen LogP contribution is 2.22. The summed E-state index contributed by atoms with van der Waals surface area (Å²) < 4.78 is 18.6. The number of hydrogen-bond donors (Lipinski definition) is 1. The Balaban J connectivity index is 1.49. The maximum absolute atomic E-state index is 13.0. The van der Waals surface area contributed by atoms with Gasteiger partial charge < -0.3 is 14.7 Å². The van der Waals surface area contributed by atoms with Crippen molar-refractivity contribution in [2.24, 2.45) is 0 Å². The third kappa shape index (κ3) is 4.79. The van der Waals surface area contributed by atoms with Crippen LogP contribution in [-0.4, -0.2) is 42.4 Å². The Labute approximate surface area is 142 Å². The number of ether oxygens (including phenoxy) is 1. The van der Waals surface area contributed by atoms with Gasteiger partial charge in [0.15, 0.2) is 0 Å². The zero-order valence-electron chi connectivity index (χ0n) is 13.8. The van der Waals surface area contributed by atoms with Crippen LogP contribution in [0.3, 0.4) is 0 Å². The van der Waals surface area contributed by atoms with Crippen LogP contribution in [-0.2, 0) is 0 Å². The third-order valence-electron chi connectivity index (χ3n) is 4.39. The number of rotatable bonds is 6. The lowest BCUT2D eigenvalue weighted by atomic mass is 10.1. The average molecular weight is 329 g/mol. The van der Waals surface area contributed by atoms with Gasteiger partial charge in [0.2, 0.25) is 0 Å². The van der Waals surface area contributed by atoms with Crippen molar-refractivity contribution in [1.29, 1.82) is 0 Å². The molecule has 1 N–H and O–H groups in total. The topological polar surface area (TPSA) is 32.7 Å². The summed E-state index contributed by atoms with van der Waals surface area (Å²) in [6, 6.07) is 14.1. The fourth-order valence-electron chi connectivity index (χ4n) is 3.07. The first kappa shape index (κ1) is 16.9. The number of halogens is 1. The summed E-state index contributed by atoms with van der Waals surface area (Å²) in [5.74, 6) is 0.500. The largest absolute Gasteiger partial charge is 0.491 e. The minimum atomic E-state index is -0.472. The van der Waals surface area contributed by atoms with Crippen LogP contribution in [0.25, 0.3) is 11.1 Å². The first-order valence-corrected chi connectivity index (χ1v) is 8.60. The average Bonchev–Trinajstić information content (AvgIpc) is 2.62. The molecule has 1 aliphatic rings. The molecule has 1 unspecified atom stereocenters. The van der Waals surface area contributed by atoms with Crippen LogP contribution in [0.5, 0.6) is 5.75 Å². The summed E-state index contributed by atoms with van der Waals surface area (Å²) in [5, 5.41) is 10.1. The number of β-amino-alcohol motifs (C(OH)–C–C–N with tert-alkyl or cyclic N) is 1. The Morgan fingerprint density at radius 2 is 1.50 bits per heavy atom. The second kappa shape index (κ2) is 8.27. The van der Waals surface area contributed by atoms with E-state index in [-0.39, 0.29) is 5.82 Å². The molecule has 0 bridgehead atoms. The zero-order valence-corrected chi connectivity index (χ0v) is 13.8. The van der Waals surface area contributed by atoms with Gasteiger partial charge in [0.05, 0.1) is 0 Å². The van der Waals surface area contributed by atoms with Crippen molar-refractivity contribution in [2.75, 3.05) is 26.2 Å². The molecule has 4 heteroatoms. The maximum atomic E-state index is 13.0. The van der Waals surface area contributed by atoms with Crippen molar-refractivity contribution in [2.45, 2.75) is 25.4 Å². The molecule has 2 aromatic carbocycles. The minimum absolute atomic E-state index is 0.235. The Hall–Kier alpha value is -1.91. The van der Waals surface area contributed by atoms with Crippen molar-refractivity contribution >= 4 is 0 Å². The summed E-state index contributed by atoms with van der Waals surface area (Å²) in [6.07, 6.45) is 3.26. The van der Waals surface area contributed by atoms with Gasteiger partial charge in [0.25, 0.3) is 0 Å². The van der Waals surface area contributed by atoms with Crippen molar-refractivity contribution in [1.82, 2.24) is 4.90 Å². The summed E-state index contributed by atoms with van der Waals surface area (Å²) in [5.41, 5.74) is 1.98. The lowest BCUT2D eigenvalue weighted by Crippen LogP contribution is -2.38. The Morgan fingerprint density at radius 3 is 2.12 bits per heavy atom. The lowest BCUT2D eigenvalue weighted by Gasteiger charge is -2.28. The van der Waals surface area contributed by atoms with E-state index in [4.69, 9.17) is 4.74 Å². The molecule has 1 fully saturated rings. The number of aliphatic hydroxyl groups excluding tert-OH is 1. The number of likely N-dealkylation sites (tertiary alicyclic amines) is 1. The van der Waals surface area contributed by atoms with Crippen molar-refractivity contribution in [3.8, 4) is 16.9 Å². The van der Waals surface area contributed by atoms with E-state index in [0.29, 0.717) is 13.2 Å². The molecule has 0 aromatic heterocycles. The molecule has 1 aliphatic heterocycles. The molecule has 2 aromatic rings. The monoisotopic (exact) mass is 329 g/mol. The zero-order chi connectivity index (χ0) is 16.8. The number of hydrogen-bond acceptors (Lipinski definition) is 3. The lowest BCUT2D eigenvalue weighted by molar-refractivity contribution is 0.0617. The van der Waals surface area contributed by atoms with Crippen LogP contribution in [0, 0.1) is 5.82 Å². The summed E-state index contributed by atoms with van der Waals surface area (Å²) >= 11 is 0. The van der Waals surface area contributed by atoms with E-state index in [2.05, 4.69) is 4.90 Å². The third-order valence-corrected chi connectivity index (χ3v) is 4.39. The molecule has 0 radical (unpaired) electrons. The fourth-order valence-corrected chi connectivity index (χ4v) is 3.07. The van der Waals surface area contributed by atoms with Crippen LogP contribution >= 0.6 is 0 Å². The SMILES string of the molecule is OC(COc1ccc(-c2ccc(F)cc2)cc1)CN1CCCCC1. The summed E-state index contributed by atoms with van der Waals surface area (Å²) in [7, 11) is 0. The molecule has 3 nitrogen and oxygen atoms in total. The minimum Gasteiger partial charge on any atom is -0.491 e. The molecule has 1 atom stereocenters. The molecule has 1 heterocycles. The maximum Gasteiger partial charge on any atom is 0.123 e. The van der Waals surface area contributed by atoms with E-state index >= 15 is 0 Å². The molecular formula is C20H24FNO2. The quantitative estimate of drug-likeness (QED) is 0.877. The van der Waals surface area contributed by atoms with E-state index in [1.54, 1.807) is 12.1 Å².